The maximum Gasteiger partial charge on any atom is 0.310 e. The van der Waals surface area contributed by atoms with Crippen LogP contribution in [0.5, 0.6) is 0 Å². The third-order valence-electron chi connectivity index (χ3n) is 3.57. The Kier molecular flexibility index (Phi) is 4.52. The lowest BCUT2D eigenvalue weighted by Crippen LogP contribution is -2.42. The molecule has 21 heavy (non-hydrogen) atoms. The fourth-order valence-electron chi connectivity index (χ4n) is 2.43. The van der Waals surface area contributed by atoms with Gasteiger partial charge in [0, 0.05) is 30.8 Å². The van der Waals surface area contributed by atoms with Gasteiger partial charge in [-0.15, -0.1) is 0 Å². The van der Waals surface area contributed by atoms with E-state index in [1.54, 1.807) is 4.90 Å². The van der Waals surface area contributed by atoms with Crippen LogP contribution < -0.4 is 0 Å². The van der Waals surface area contributed by atoms with Gasteiger partial charge in [0.15, 0.2) is 0 Å². The van der Waals surface area contributed by atoms with E-state index in [0.29, 0.717) is 25.1 Å². The molecule has 112 valence electrons. The molecule has 1 atom stereocenters. The molecule has 7 heteroatoms. The van der Waals surface area contributed by atoms with Crippen molar-refractivity contribution < 1.29 is 19.2 Å². The number of ether oxygens (including phenoxy) is 1. The highest BCUT2D eigenvalue weighted by Gasteiger charge is 2.29. The van der Waals surface area contributed by atoms with Crippen LogP contribution in [0.2, 0.25) is 0 Å². The number of carbonyl (C=O) groups excluding carboxylic acids is 2. The molecule has 7 nitrogen and oxygen atoms in total. The van der Waals surface area contributed by atoms with Crippen LogP contribution in [0, 0.1) is 16.0 Å². The lowest BCUT2D eigenvalue weighted by atomic mass is 9.97. The molecule has 0 spiro atoms. The minimum absolute atomic E-state index is 0.0577. The zero-order valence-corrected chi connectivity index (χ0v) is 11.7. The molecular formula is C14H16N2O5. The van der Waals surface area contributed by atoms with Gasteiger partial charge in [-0.3, -0.25) is 19.7 Å². The molecule has 1 aromatic rings. The predicted octanol–water partition coefficient (Wildman–Crippen LogP) is 1.62. The highest BCUT2D eigenvalue weighted by Crippen LogP contribution is 2.20. The monoisotopic (exact) mass is 292 g/mol. The van der Waals surface area contributed by atoms with Crippen LogP contribution >= 0.6 is 0 Å². The number of piperidine rings is 1. The first kappa shape index (κ1) is 15.0. The molecule has 1 aliphatic rings. The SMILES string of the molecule is COC(=O)[C@H]1CCCN(C(=O)c2ccc([N+](=O)[O-])cc2)C1. The van der Waals surface area contributed by atoms with Gasteiger partial charge >= 0.3 is 5.97 Å². The summed E-state index contributed by atoms with van der Waals surface area (Å²) in [5, 5.41) is 10.6. The summed E-state index contributed by atoms with van der Waals surface area (Å²) in [4.78, 5) is 35.6. The second-order valence-electron chi connectivity index (χ2n) is 4.92. The number of nitro benzene ring substituents is 1. The van der Waals surface area contributed by atoms with Gasteiger partial charge in [-0.1, -0.05) is 0 Å². The summed E-state index contributed by atoms with van der Waals surface area (Å²) in [6.45, 7) is 0.895. The van der Waals surface area contributed by atoms with Crippen LogP contribution in [0.15, 0.2) is 24.3 Å². The molecule has 1 saturated heterocycles. The Morgan fingerprint density at radius 1 is 1.33 bits per heavy atom. The average Bonchev–Trinajstić information content (AvgIpc) is 2.53. The number of esters is 1. The summed E-state index contributed by atoms with van der Waals surface area (Å²) in [6, 6.07) is 5.47. The van der Waals surface area contributed by atoms with E-state index < -0.39 is 4.92 Å². The lowest BCUT2D eigenvalue weighted by Gasteiger charge is -2.31. The number of nitro groups is 1. The van der Waals surface area contributed by atoms with Gasteiger partial charge in [0.25, 0.3) is 11.6 Å². The highest BCUT2D eigenvalue weighted by molar-refractivity contribution is 5.94. The number of amides is 1. The van der Waals surface area contributed by atoms with E-state index in [-0.39, 0.29) is 23.5 Å². The molecule has 2 rings (SSSR count). The summed E-state index contributed by atoms with van der Waals surface area (Å²) in [5.74, 6) is -0.833. The molecule has 0 bridgehead atoms. The number of likely N-dealkylation sites (tertiary alicyclic amines) is 1. The highest BCUT2D eigenvalue weighted by atomic mass is 16.6. The first-order valence-electron chi connectivity index (χ1n) is 6.64. The molecule has 0 radical (unpaired) electrons. The van der Waals surface area contributed by atoms with Crippen molar-refractivity contribution in [3.63, 3.8) is 0 Å². The first-order chi connectivity index (χ1) is 10.0. The topological polar surface area (TPSA) is 89.8 Å². The largest absolute Gasteiger partial charge is 0.469 e. The van der Waals surface area contributed by atoms with Gasteiger partial charge < -0.3 is 9.64 Å². The molecule has 1 aliphatic heterocycles. The molecule has 1 amide bonds. The fourth-order valence-corrected chi connectivity index (χ4v) is 2.43. The van der Waals surface area contributed by atoms with Crippen molar-refractivity contribution in [1.29, 1.82) is 0 Å². The number of hydrogen-bond donors (Lipinski definition) is 0. The fraction of sp³-hybridized carbons (Fsp3) is 0.429. The van der Waals surface area contributed by atoms with Gasteiger partial charge in [0.2, 0.25) is 0 Å². The van der Waals surface area contributed by atoms with Crippen molar-refractivity contribution in [1.82, 2.24) is 4.90 Å². The molecular weight excluding hydrogens is 276 g/mol. The van der Waals surface area contributed by atoms with Crippen LogP contribution in [0.25, 0.3) is 0 Å². The van der Waals surface area contributed by atoms with E-state index in [1.807, 2.05) is 0 Å². The van der Waals surface area contributed by atoms with Gasteiger partial charge in [-0.05, 0) is 25.0 Å². The number of benzene rings is 1. The summed E-state index contributed by atoms with van der Waals surface area (Å²) in [7, 11) is 1.33. The van der Waals surface area contributed by atoms with E-state index >= 15 is 0 Å². The summed E-state index contributed by atoms with van der Waals surface area (Å²) in [5.41, 5.74) is 0.323. The normalized spacial score (nSPS) is 18.1. The molecule has 0 saturated carbocycles. The molecule has 0 aromatic heterocycles. The first-order valence-corrected chi connectivity index (χ1v) is 6.64. The van der Waals surface area contributed by atoms with Gasteiger partial charge in [0.05, 0.1) is 18.0 Å². The number of rotatable bonds is 3. The zero-order valence-electron chi connectivity index (χ0n) is 11.7. The number of non-ortho nitro benzene ring substituents is 1. The Hall–Kier alpha value is -2.44. The number of nitrogens with zero attached hydrogens (tertiary/aromatic N) is 2. The van der Waals surface area contributed by atoms with Crippen molar-refractivity contribution >= 4 is 17.6 Å². The summed E-state index contributed by atoms with van der Waals surface area (Å²) >= 11 is 0. The van der Waals surface area contributed by atoms with Crippen LogP contribution in [0.1, 0.15) is 23.2 Å². The number of methoxy groups -OCH3 is 1. The summed E-state index contributed by atoms with van der Waals surface area (Å²) < 4.78 is 4.71. The maximum atomic E-state index is 12.3. The van der Waals surface area contributed by atoms with Gasteiger partial charge in [-0.2, -0.15) is 0 Å². The third kappa shape index (κ3) is 3.36. The molecule has 1 heterocycles. The van der Waals surface area contributed by atoms with Gasteiger partial charge in [0.1, 0.15) is 0 Å². The van der Waals surface area contributed by atoms with Gasteiger partial charge in [-0.25, -0.2) is 0 Å². The van der Waals surface area contributed by atoms with Crippen molar-refractivity contribution in [3.05, 3.63) is 39.9 Å². The Morgan fingerprint density at radius 2 is 2.00 bits per heavy atom. The third-order valence-corrected chi connectivity index (χ3v) is 3.57. The van der Waals surface area contributed by atoms with E-state index in [0.717, 1.165) is 6.42 Å². The second-order valence-corrected chi connectivity index (χ2v) is 4.92. The molecule has 0 aliphatic carbocycles. The van der Waals surface area contributed by atoms with Crippen LogP contribution in [-0.4, -0.2) is 41.9 Å². The Labute approximate surface area is 121 Å². The Morgan fingerprint density at radius 3 is 2.57 bits per heavy atom. The molecule has 0 N–H and O–H groups in total. The standard InChI is InChI=1S/C14H16N2O5/c1-21-14(18)11-3-2-8-15(9-11)13(17)10-4-6-12(7-5-10)16(19)20/h4-7,11H,2-3,8-9H2,1H3/t11-/m0/s1. The minimum Gasteiger partial charge on any atom is -0.469 e. The Bertz CT molecular complexity index is 555. The van der Waals surface area contributed by atoms with Crippen molar-refractivity contribution in [2.75, 3.05) is 20.2 Å². The second kappa shape index (κ2) is 6.34. The van der Waals surface area contributed by atoms with Crippen LogP contribution in [-0.2, 0) is 9.53 Å². The van der Waals surface area contributed by atoms with Crippen molar-refractivity contribution in [3.8, 4) is 0 Å². The van der Waals surface area contributed by atoms with E-state index in [4.69, 9.17) is 4.74 Å². The molecule has 1 fully saturated rings. The molecule has 0 unspecified atom stereocenters. The predicted molar refractivity (Wildman–Crippen MR) is 73.7 cm³/mol. The minimum atomic E-state index is -0.511. The van der Waals surface area contributed by atoms with E-state index in [2.05, 4.69) is 0 Å². The quantitative estimate of drug-likeness (QED) is 0.479. The summed E-state index contributed by atoms with van der Waals surface area (Å²) in [6.07, 6.45) is 1.44. The van der Waals surface area contributed by atoms with E-state index in [1.165, 1.54) is 31.4 Å². The molecule has 1 aromatic carbocycles. The Balaban J connectivity index is 2.08. The van der Waals surface area contributed by atoms with Crippen molar-refractivity contribution in [2.24, 2.45) is 5.92 Å². The lowest BCUT2D eigenvalue weighted by molar-refractivity contribution is -0.384. The number of hydrogen-bond acceptors (Lipinski definition) is 5. The van der Waals surface area contributed by atoms with E-state index in [9.17, 15) is 19.7 Å². The van der Waals surface area contributed by atoms with Crippen LogP contribution in [0.4, 0.5) is 5.69 Å². The van der Waals surface area contributed by atoms with Crippen LogP contribution in [0.3, 0.4) is 0 Å². The van der Waals surface area contributed by atoms with Crippen molar-refractivity contribution in [2.45, 2.75) is 12.8 Å². The zero-order chi connectivity index (χ0) is 15.4. The smallest absolute Gasteiger partial charge is 0.310 e. The average molecular weight is 292 g/mol. The number of carbonyl (C=O) groups is 2. The maximum absolute atomic E-state index is 12.3.